The van der Waals surface area contributed by atoms with Crippen molar-refractivity contribution in [3.05, 3.63) is 42.4 Å². The number of aromatic nitrogens is 5. The van der Waals surface area contributed by atoms with E-state index in [9.17, 15) is 12.8 Å². The van der Waals surface area contributed by atoms with Crippen LogP contribution >= 0.6 is 0 Å². The molecule has 1 aromatic carbocycles. The van der Waals surface area contributed by atoms with Crippen LogP contribution in [0.1, 0.15) is 5.56 Å². The van der Waals surface area contributed by atoms with Gasteiger partial charge in [0, 0.05) is 24.0 Å². The minimum atomic E-state index is -4.12. The van der Waals surface area contributed by atoms with Crippen molar-refractivity contribution in [1.29, 1.82) is 0 Å². The van der Waals surface area contributed by atoms with Crippen molar-refractivity contribution in [1.82, 2.24) is 24.7 Å². The number of alkyl halides is 1. The van der Waals surface area contributed by atoms with Gasteiger partial charge in [0.15, 0.2) is 0 Å². The number of hydrogen-bond donors (Lipinski definition) is 2. The van der Waals surface area contributed by atoms with Gasteiger partial charge in [-0.05, 0) is 18.6 Å². The first-order valence-electron chi connectivity index (χ1n) is 9.72. The molecule has 0 spiro atoms. The molecule has 174 valence electrons. The lowest BCUT2D eigenvalue weighted by Gasteiger charge is -2.14. The van der Waals surface area contributed by atoms with Gasteiger partial charge in [0.25, 0.3) is 21.8 Å². The lowest BCUT2D eigenvalue weighted by atomic mass is 10.1. The van der Waals surface area contributed by atoms with E-state index in [1.54, 1.807) is 29.2 Å². The Labute approximate surface area is 188 Å². The van der Waals surface area contributed by atoms with E-state index in [1.165, 1.54) is 20.4 Å². The van der Waals surface area contributed by atoms with E-state index in [0.29, 0.717) is 10.9 Å². The summed E-state index contributed by atoms with van der Waals surface area (Å²) in [5.41, 5.74) is 2.24. The molecule has 4 rings (SSSR count). The number of aromatic amines is 1. The molecule has 0 atom stereocenters. The minimum Gasteiger partial charge on any atom is -0.481 e. The third-order valence-electron chi connectivity index (χ3n) is 4.76. The van der Waals surface area contributed by atoms with Crippen LogP contribution in [-0.4, -0.2) is 60.7 Å². The first kappa shape index (κ1) is 22.3. The van der Waals surface area contributed by atoms with Crippen LogP contribution in [0.25, 0.3) is 16.6 Å². The van der Waals surface area contributed by atoms with Crippen LogP contribution in [0.2, 0.25) is 0 Å². The zero-order chi connectivity index (χ0) is 23.6. The Kier molecular flexibility index (Phi) is 6.05. The summed E-state index contributed by atoms with van der Waals surface area (Å²) in [6.07, 6.45) is 4.79. The molecule has 3 aromatic heterocycles. The average molecular weight is 476 g/mol. The number of halogens is 1. The summed E-state index contributed by atoms with van der Waals surface area (Å²) < 4.78 is 58.5. The maximum atomic E-state index is 13.2. The Morgan fingerprint density at radius 2 is 1.91 bits per heavy atom. The normalized spacial score (nSPS) is 11.5. The number of rotatable bonds is 9. The Morgan fingerprint density at radius 1 is 1.18 bits per heavy atom. The van der Waals surface area contributed by atoms with E-state index in [4.69, 9.17) is 14.2 Å². The molecule has 0 radical (unpaired) electrons. The molecule has 0 saturated carbocycles. The van der Waals surface area contributed by atoms with Gasteiger partial charge in [-0.25, -0.2) is 22.2 Å². The van der Waals surface area contributed by atoms with Crippen LogP contribution in [0, 0.1) is 6.92 Å². The van der Waals surface area contributed by atoms with Crippen molar-refractivity contribution >= 4 is 26.9 Å². The van der Waals surface area contributed by atoms with Crippen LogP contribution in [0.3, 0.4) is 0 Å². The van der Waals surface area contributed by atoms with Crippen LogP contribution in [0.4, 0.5) is 10.3 Å². The number of anilines is 1. The van der Waals surface area contributed by atoms with Gasteiger partial charge in [-0.1, -0.05) is 12.1 Å². The molecule has 2 N–H and O–H groups in total. The number of aryl methyl sites for hydroxylation is 1. The largest absolute Gasteiger partial charge is 0.481 e. The predicted octanol–water partition coefficient (Wildman–Crippen LogP) is 2.62. The number of methoxy groups -OCH3 is 2. The summed E-state index contributed by atoms with van der Waals surface area (Å²) in [5.74, 6) is -0.552. The van der Waals surface area contributed by atoms with Crippen LogP contribution in [0.5, 0.6) is 17.5 Å². The van der Waals surface area contributed by atoms with Crippen LogP contribution in [0.15, 0.2) is 41.7 Å². The third-order valence-corrected chi connectivity index (χ3v) is 6.12. The van der Waals surface area contributed by atoms with Gasteiger partial charge in [-0.15, -0.1) is 0 Å². The Hall–Kier alpha value is -3.87. The number of sulfonamides is 1. The Balaban J connectivity index is 1.75. The number of H-pyrrole nitrogens is 1. The van der Waals surface area contributed by atoms with Crippen molar-refractivity contribution in [2.75, 3.05) is 32.2 Å². The highest BCUT2D eigenvalue weighted by Crippen LogP contribution is 2.36. The Morgan fingerprint density at radius 3 is 2.52 bits per heavy atom. The zero-order valence-corrected chi connectivity index (χ0v) is 18.8. The molecular weight excluding hydrogens is 455 g/mol. The van der Waals surface area contributed by atoms with Gasteiger partial charge in [0.2, 0.25) is 11.7 Å². The molecule has 11 nitrogen and oxygen atoms in total. The predicted molar refractivity (Wildman–Crippen MR) is 118 cm³/mol. The fourth-order valence-corrected chi connectivity index (χ4v) is 4.47. The van der Waals surface area contributed by atoms with Crippen molar-refractivity contribution in [3.8, 4) is 23.2 Å². The second-order valence-corrected chi connectivity index (χ2v) is 8.45. The summed E-state index contributed by atoms with van der Waals surface area (Å²) in [6.45, 7) is 0.887. The third kappa shape index (κ3) is 4.14. The molecule has 33 heavy (non-hydrogen) atoms. The lowest BCUT2D eigenvalue weighted by molar-refractivity contribution is 0.240. The maximum absolute atomic E-state index is 13.2. The fraction of sp³-hybridized carbons (Fsp3) is 0.250. The summed E-state index contributed by atoms with van der Waals surface area (Å²) >= 11 is 0. The summed E-state index contributed by atoms with van der Waals surface area (Å²) in [5, 5.41) is 4.71. The number of ether oxygens (including phenoxy) is 3. The van der Waals surface area contributed by atoms with E-state index in [2.05, 4.69) is 24.8 Å². The minimum absolute atomic E-state index is 0.00908. The molecule has 0 amide bonds. The van der Waals surface area contributed by atoms with Gasteiger partial charge < -0.3 is 19.2 Å². The van der Waals surface area contributed by atoms with E-state index in [0.717, 1.165) is 11.3 Å². The van der Waals surface area contributed by atoms with E-state index >= 15 is 0 Å². The second-order valence-electron chi connectivity index (χ2n) is 6.80. The molecule has 0 unspecified atom stereocenters. The SMILES string of the molecule is COc1nc(NS(=O)(=O)c2c[nH]c3c(-n4cccn4)c(C)ccc23)nc(OC)c1OCCF. The van der Waals surface area contributed by atoms with E-state index in [1.807, 2.05) is 13.0 Å². The molecule has 3 heterocycles. The van der Waals surface area contributed by atoms with Gasteiger partial charge in [0.1, 0.15) is 18.2 Å². The number of hydrogen-bond acceptors (Lipinski definition) is 8. The molecule has 0 aliphatic heterocycles. The van der Waals surface area contributed by atoms with E-state index in [-0.39, 0.29) is 35.0 Å². The van der Waals surface area contributed by atoms with E-state index < -0.39 is 16.7 Å². The van der Waals surface area contributed by atoms with Gasteiger partial charge >= 0.3 is 0 Å². The molecule has 0 saturated heterocycles. The van der Waals surface area contributed by atoms with Gasteiger partial charge in [-0.2, -0.15) is 15.1 Å². The summed E-state index contributed by atoms with van der Waals surface area (Å²) in [7, 11) is -1.51. The molecule has 0 fully saturated rings. The smallest absolute Gasteiger partial charge is 0.266 e. The molecule has 0 aliphatic rings. The summed E-state index contributed by atoms with van der Waals surface area (Å²) in [4.78, 5) is 11.1. The van der Waals surface area contributed by atoms with Crippen molar-refractivity contribution in [3.63, 3.8) is 0 Å². The van der Waals surface area contributed by atoms with Crippen molar-refractivity contribution in [2.45, 2.75) is 11.8 Å². The quantitative estimate of drug-likeness (QED) is 0.377. The first-order valence-corrected chi connectivity index (χ1v) is 11.2. The lowest BCUT2D eigenvalue weighted by Crippen LogP contribution is -2.16. The number of benzene rings is 1. The van der Waals surface area contributed by atoms with Crippen LogP contribution in [-0.2, 0) is 10.0 Å². The highest BCUT2D eigenvalue weighted by molar-refractivity contribution is 7.93. The van der Waals surface area contributed by atoms with Crippen LogP contribution < -0.4 is 18.9 Å². The zero-order valence-electron chi connectivity index (χ0n) is 18.0. The summed E-state index contributed by atoms with van der Waals surface area (Å²) in [6, 6.07) is 5.30. The topological polar surface area (TPSA) is 133 Å². The molecule has 4 aromatic rings. The van der Waals surface area contributed by atoms with Crippen molar-refractivity contribution < 1.29 is 27.0 Å². The fourth-order valence-electron chi connectivity index (χ4n) is 3.35. The highest BCUT2D eigenvalue weighted by atomic mass is 32.2. The number of fused-ring (bicyclic) bond motifs is 1. The Bertz CT molecular complexity index is 1360. The average Bonchev–Trinajstić information content (AvgIpc) is 3.47. The number of nitrogens with zero attached hydrogens (tertiary/aromatic N) is 4. The second kappa shape index (κ2) is 8.94. The van der Waals surface area contributed by atoms with Gasteiger partial charge in [0.05, 0.1) is 25.4 Å². The van der Waals surface area contributed by atoms with Gasteiger partial charge in [-0.3, -0.25) is 0 Å². The maximum Gasteiger partial charge on any atom is 0.266 e. The molecule has 13 heteroatoms. The number of nitrogens with one attached hydrogen (secondary N) is 2. The molecule has 0 bridgehead atoms. The highest BCUT2D eigenvalue weighted by Gasteiger charge is 2.25. The van der Waals surface area contributed by atoms with Crippen molar-refractivity contribution in [2.24, 2.45) is 0 Å². The monoisotopic (exact) mass is 476 g/mol. The standard InChI is InChI=1S/C20H21FN6O5S/c1-12-5-6-13-14(11-22-15(13)16(12)27-9-4-8-23-27)33(28,29)26-20-24-18(30-2)17(32-10-7-21)19(25-20)31-3/h4-6,8-9,11,22H,7,10H2,1-3H3,(H,24,25,26). The molecule has 0 aliphatic carbocycles. The molecular formula is C20H21FN6O5S. The first-order chi connectivity index (χ1) is 15.9.